The standard InChI is InChI=1S/C27H31N9OS/c28-18-20-5-7-21(8-6-20)22-19-38-26(29-22)32-27(37)36-15-13-34(14-16-36)24-17-23(33-9-1-2-10-33)30-25(31-24)35-11-3-4-12-35/h5-8,17,19H,1-4,9-16H2,(H,29,32,37). The Kier molecular flexibility index (Phi) is 6.96. The molecule has 0 radical (unpaired) electrons. The van der Waals surface area contributed by atoms with Crippen molar-refractivity contribution in [3.8, 4) is 17.3 Å². The molecular weight excluding hydrogens is 498 g/mol. The van der Waals surface area contributed by atoms with Crippen molar-refractivity contribution in [1.29, 1.82) is 5.26 Å². The zero-order valence-electron chi connectivity index (χ0n) is 21.3. The largest absolute Gasteiger partial charge is 0.356 e. The summed E-state index contributed by atoms with van der Waals surface area (Å²) in [5, 5.41) is 14.4. The Morgan fingerprint density at radius 3 is 2.05 bits per heavy atom. The van der Waals surface area contributed by atoms with E-state index >= 15 is 0 Å². The van der Waals surface area contributed by atoms with Gasteiger partial charge >= 0.3 is 6.03 Å². The summed E-state index contributed by atoms with van der Waals surface area (Å²) in [6.07, 6.45) is 4.80. The Balaban J connectivity index is 1.09. The number of benzene rings is 1. The van der Waals surface area contributed by atoms with Gasteiger partial charge in [-0.1, -0.05) is 12.1 Å². The number of nitrogens with one attached hydrogen (secondary N) is 1. The van der Waals surface area contributed by atoms with Crippen molar-refractivity contribution >= 4 is 40.1 Å². The molecule has 196 valence electrons. The van der Waals surface area contributed by atoms with Gasteiger partial charge in [-0.05, 0) is 37.8 Å². The Morgan fingerprint density at radius 1 is 0.816 bits per heavy atom. The summed E-state index contributed by atoms with van der Waals surface area (Å²) in [5.41, 5.74) is 2.31. The molecule has 2 aromatic heterocycles. The number of hydrogen-bond acceptors (Lipinski definition) is 9. The molecule has 0 spiro atoms. The van der Waals surface area contributed by atoms with Crippen molar-refractivity contribution in [3.05, 3.63) is 41.3 Å². The van der Waals surface area contributed by atoms with Crippen LogP contribution in [0.1, 0.15) is 31.2 Å². The Morgan fingerprint density at radius 2 is 1.42 bits per heavy atom. The highest BCUT2D eigenvalue weighted by molar-refractivity contribution is 7.14. The first-order valence-electron chi connectivity index (χ1n) is 13.3. The number of rotatable bonds is 5. The predicted octanol–water partition coefficient (Wildman–Crippen LogP) is 4.03. The molecule has 0 atom stereocenters. The van der Waals surface area contributed by atoms with Crippen LogP contribution in [-0.2, 0) is 0 Å². The van der Waals surface area contributed by atoms with E-state index in [2.05, 4.69) is 37.1 Å². The number of thiazole rings is 1. The molecule has 3 aliphatic heterocycles. The summed E-state index contributed by atoms with van der Waals surface area (Å²) < 4.78 is 0. The molecule has 11 heteroatoms. The highest BCUT2D eigenvalue weighted by Gasteiger charge is 2.26. The molecule has 6 rings (SSSR count). The maximum absolute atomic E-state index is 13.0. The molecular formula is C27H31N9OS. The number of hydrogen-bond donors (Lipinski definition) is 1. The molecule has 0 bridgehead atoms. The normalized spacial score (nSPS) is 17.7. The third kappa shape index (κ3) is 5.22. The van der Waals surface area contributed by atoms with Gasteiger partial charge in [0.2, 0.25) is 5.95 Å². The number of aromatic nitrogens is 3. The molecule has 3 aromatic rings. The van der Waals surface area contributed by atoms with E-state index in [0.29, 0.717) is 23.8 Å². The molecule has 1 N–H and O–H groups in total. The number of piperazine rings is 1. The van der Waals surface area contributed by atoms with E-state index in [1.807, 2.05) is 22.4 Å². The second kappa shape index (κ2) is 10.8. The summed E-state index contributed by atoms with van der Waals surface area (Å²) >= 11 is 1.40. The fraction of sp³-hybridized carbons (Fsp3) is 0.444. The number of nitrogens with zero attached hydrogens (tertiary/aromatic N) is 8. The summed E-state index contributed by atoms with van der Waals surface area (Å²) in [6, 6.07) is 11.4. The van der Waals surface area contributed by atoms with Crippen LogP contribution in [0.5, 0.6) is 0 Å². The first kappa shape index (κ1) is 24.4. The molecule has 10 nitrogen and oxygen atoms in total. The Hall–Kier alpha value is -3.91. The van der Waals surface area contributed by atoms with Gasteiger partial charge in [0.05, 0.1) is 17.3 Å². The molecule has 2 amide bonds. The lowest BCUT2D eigenvalue weighted by atomic mass is 10.1. The molecule has 1 aromatic carbocycles. The van der Waals surface area contributed by atoms with E-state index in [-0.39, 0.29) is 6.03 Å². The molecule has 3 aliphatic rings. The van der Waals surface area contributed by atoms with Crippen LogP contribution in [0.2, 0.25) is 0 Å². The van der Waals surface area contributed by atoms with E-state index in [9.17, 15) is 4.79 Å². The average Bonchev–Trinajstić information content (AvgIpc) is 3.76. The van der Waals surface area contributed by atoms with Crippen LogP contribution < -0.4 is 20.0 Å². The lowest BCUT2D eigenvalue weighted by molar-refractivity contribution is 0.208. The maximum atomic E-state index is 13.0. The number of anilines is 4. The lowest BCUT2D eigenvalue weighted by Gasteiger charge is -2.35. The van der Waals surface area contributed by atoms with Crippen LogP contribution in [0.3, 0.4) is 0 Å². The molecule has 38 heavy (non-hydrogen) atoms. The second-order valence-electron chi connectivity index (χ2n) is 9.90. The monoisotopic (exact) mass is 529 g/mol. The third-order valence-electron chi connectivity index (χ3n) is 7.42. The Labute approximate surface area is 226 Å². The number of amides is 2. The van der Waals surface area contributed by atoms with E-state index in [0.717, 1.165) is 68.1 Å². The van der Waals surface area contributed by atoms with Crippen molar-refractivity contribution in [2.75, 3.05) is 72.4 Å². The molecule has 0 aliphatic carbocycles. The maximum Gasteiger partial charge on any atom is 0.323 e. The SMILES string of the molecule is N#Cc1ccc(-c2csc(NC(=O)N3CCN(c4cc(N5CCCC5)nc(N5CCCC5)n4)CC3)n2)cc1. The van der Waals surface area contributed by atoms with Gasteiger partial charge in [-0.15, -0.1) is 11.3 Å². The predicted molar refractivity (Wildman–Crippen MR) is 150 cm³/mol. The topological polar surface area (TPSA) is 105 Å². The van der Waals surface area contributed by atoms with Gasteiger partial charge in [-0.2, -0.15) is 15.2 Å². The zero-order valence-corrected chi connectivity index (χ0v) is 22.2. The van der Waals surface area contributed by atoms with Gasteiger partial charge in [0.1, 0.15) is 11.6 Å². The number of carbonyl (C=O) groups is 1. The molecule has 0 unspecified atom stereocenters. The fourth-order valence-electron chi connectivity index (χ4n) is 5.23. The van der Waals surface area contributed by atoms with Crippen molar-refractivity contribution < 1.29 is 4.79 Å². The summed E-state index contributed by atoms with van der Waals surface area (Å²) in [5.74, 6) is 2.82. The van der Waals surface area contributed by atoms with Crippen molar-refractivity contribution in [1.82, 2.24) is 19.9 Å². The van der Waals surface area contributed by atoms with E-state index in [1.165, 1.54) is 37.0 Å². The van der Waals surface area contributed by atoms with E-state index in [4.69, 9.17) is 15.2 Å². The quantitative estimate of drug-likeness (QED) is 0.528. The van der Waals surface area contributed by atoms with Gasteiger partial charge in [-0.3, -0.25) is 5.32 Å². The first-order chi connectivity index (χ1) is 18.7. The summed E-state index contributed by atoms with van der Waals surface area (Å²) in [4.78, 5) is 36.2. The number of carbonyl (C=O) groups excluding carboxylic acids is 1. The highest BCUT2D eigenvalue weighted by atomic mass is 32.1. The van der Waals surface area contributed by atoms with Gasteiger partial charge < -0.3 is 19.6 Å². The minimum absolute atomic E-state index is 0.136. The highest BCUT2D eigenvalue weighted by Crippen LogP contribution is 2.28. The number of nitriles is 1. The fourth-order valence-corrected chi connectivity index (χ4v) is 5.94. The minimum atomic E-state index is -0.136. The van der Waals surface area contributed by atoms with Crippen LogP contribution in [0.25, 0.3) is 11.3 Å². The van der Waals surface area contributed by atoms with Crippen LogP contribution in [0, 0.1) is 11.3 Å². The first-order valence-corrected chi connectivity index (χ1v) is 14.2. The second-order valence-corrected chi connectivity index (χ2v) is 10.8. The van der Waals surface area contributed by atoms with Gasteiger partial charge in [0.15, 0.2) is 5.13 Å². The van der Waals surface area contributed by atoms with Crippen LogP contribution in [-0.4, -0.2) is 78.2 Å². The number of urea groups is 1. The minimum Gasteiger partial charge on any atom is -0.356 e. The molecule has 0 saturated carbocycles. The van der Waals surface area contributed by atoms with Gasteiger partial charge in [0, 0.05) is 69.4 Å². The summed E-state index contributed by atoms with van der Waals surface area (Å²) in [6.45, 7) is 6.79. The van der Waals surface area contributed by atoms with Crippen molar-refractivity contribution in [2.24, 2.45) is 0 Å². The molecule has 3 saturated heterocycles. The van der Waals surface area contributed by atoms with Gasteiger partial charge in [-0.25, -0.2) is 9.78 Å². The van der Waals surface area contributed by atoms with Crippen molar-refractivity contribution in [2.45, 2.75) is 25.7 Å². The lowest BCUT2D eigenvalue weighted by Crippen LogP contribution is -2.50. The average molecular weight is 530 g/mol. The van der Waals surface area contributed by atoms with Crippen molar-refractivity contribution in [3.63, 3.8) is 0 Å². The molecule has 5 heterocycles. The molecule has 3 fully saturated rings. The van der Waals surface area contributed by atoms with E-state index in [1.54, 1.807) is 12.1 Å². The zero-order chi connectivity index (χ0) is 25.9. The van der Waals surface area contributed by atoms with Crippen LogP contribution >= 0.6 is 11.3 Å². The third-order valence-corrected chi connectivity index (χ3v) is 8.18. The Bertz CT molecular complexity index is 1280. The van der Waals surface area contributed by atoms with Gasteiger partial charge in [0.25, 0.3) is 0 Å². The van der Waals surface area contributed by atoms with Crippen LogP contribution in [0.15, 0.2) is 35.7 Å². The van der Waals surface area contributed by atoms with Crippen LogP contribution in [0.4, 0.5) is 27.5 Å². The summed E-state index contributed by atoms with van der Waals surface area (Å²) in [7, 11) is 0. The van der Waals surface area contributed by atoms with E-state index < -0.39 is 0 Å². The smallest absolute Gasteiger partial charge is 0.323 e.